The summed E-state index contributed by atoms with van der Waals surface area (Å²) >= 11 is 0. The molecule has 5 heteroatoms. The molecule has 0 saturated carbocycles. The van der Waals surface area contributed by atoms with Gasteiger partial charge in [0.15, 0.2) is 18.1 Å². The van der Waals surface area contributed by atoms with Crippen molar-refractivity contribution >= 4 is 24.3 Å². The average Bonchev–Trinajstić information content (AvgIpc) is 2.83. The van der Waals surface area contributed by atoms with E-state index in [1.54, 1.807) is 24.3 Å². The summed E-state index contributed by atoms with van der Waals surface area (Å²) in [4.78, 5) is 38.8. The van der Waals surface area contributed by atoms with Crippen LogP contribution in [0.5, 0.6) is 0 Å². The van der Waals surface area contributed by atoms with Crippen molar-refractivity contribution in [3.8, 4) is 0 Å². The van der Waals surface area contributed by atoms with Crippen LogP contribution in [0.2, 0.25) is 0 Å². The largest absolute Gasteiger partial charge is 0.481 e. The Morgan fingerprint density at radius 1 is 1.38 bits per heavy atom. The van der Waals surface area contributed by atoms with Crippen molar-refractivity contribution in [2.24, 2.45) is 10.9 Å². The number of carboxylic acids is 1. The number of hydrogen-bond acceptors (Lipinski definition) is 4. The summed E-state index contributed by atoms with van der Waals surface area (Å²) in [6.45, 7) is 1.95. The van der Waals surface area contributed by atoms with Gasteiger partial charge in [-0.3, -0.25) is 14.6 Å². The molecule has 0 spiro atoms. The van der Waals surface area contributed by atoms with Crippen LogP contribution in [0.4, 0.5) is 0 Å². The second-order valence-electron chi connectivity index (χ2n) is 5.14. The number of aliphatic carboxylic acids is 1. The van der Waals surface area contributed by atoms with E-state index < -0.39 is 17.4 Å². The molecule has 5 nitrogen and oxygen atoms in total. The van der Waals surface area contributed by atoms with Gasteiger partial charge in [-0.2, -0.15) is 0 Å². The molecule has 2 rings (SSSR count). The van der Waals surface area contributed by atoms with Crippen molar-refractivity contribution < 1.29 is 19.5 Å². The molecule has 1 heterocycles. The number of rotatable bonds is 7. The Morgan fingerprint density at radius 2 is 2.10 bits per heavy atom. The van der Waals surface area contributed by atoms with Crippen LogP contribution in [0.25, 0.3) is 0 Å². The standard InChI is InChI=1S/C16H17NO4/c1-2-3-7-13(15(20)21)16(10-19)12-8-5-4-6-11(12)14(9-18)17-16/h4-6,8-10,13H,2-3,7H2,1H3,(H,20,21)/t13-,16?/m1/s1. The summed E-state index contributed by atoms with van der Waals surface area (Å²) in [6.07, 6.45) is 2.99. The van der Waals surface area contributed by atoms with Crippen LogP contribution in [0.3, 0.4) is 0 Å². The summed E-state index contributed by atoms with van der Waals surface area (Å²) in [6, 6.07) is 6.82. The number of benzene rings is 1. The van der Waals surface area contributed by atoms with E-state index in [0.717, 1.165) is 6.42 Å². The Balaban J connectivity index is 2.60. The minimum atomic E-state index is -1.49. The lowest BCUT2D eigenvalue weighted by Crippen LogP contribution is -2.39. The highest BCUT2D eigenvalue weighted by molar-refractivity contribution is 6.38. The average molecular weight is 287 g/mol. The molecule has 0 amide bonds. The number of unbranched alkanes of at least 4 members (excludes halogenated alkanes) is 1. The van der Waals surface area contributed by atoms with Crippen molar-refractivity contribution in [1.29, 1.82) is 0 Å². The summed E-state index contributed by atoms with van der Waals surface area (Å²) < 4.78 is 0. The summed E-state index contributed by atoms with van der Waals surface area (Å²) in [7, 11) is 0. The molecule has 1 aromatic carbocycles. The topological polar surface area (TPSA) is 83.8 Å². The molecule has 1 aliphatic heterocycles. The van der Waals surface area contributed by atoms with Crippen LogP contribution in [-0.2, 0) is 19.9 Å². The van der Waals surface area contributed by atoms with E-state index in [-0.39, 0.29) is 5.71 Å². The third-order valence-corrected chi connectivity index (χ3v) is 3.91. The molecule has 1 N–H and O–H groups in total. The fraction of sp³-hybridized carbons (Fsp3) is 0.375. The normalized spacial score (nSPS) is 21.3. The Morgan fingerprint density at radius 3 is 2.67 bits per heavy atom. The van der Waals surface area contributed by atoms with Crippen molar-refractivity contribution in [2.75, 3.05) is 0 Å². The maximum atomic E-state index is 11.8. The molecule has 0 aliphatic carbocycles. The minimum absolute atomic E-state index is 0.139. The van der Waals surface area contributed by atoms with E-state index >= 15 is 0 Å². The van der Waals surface area contributed by atoms with Gasteiger partial charge in [0, 0.05) is 5.56 Å². The van der Waals surface area contributed by atoms with Gasteiger partial charge in [-0.05, 0) is 12.0 Å². The molecular formula is C16H17NO4. The number of fused-ring (bicyclic) bond motifs is 1. The molecule has 1 unspecified atom stereocenters. The first-order valence-electron chi connectivity index (χ1n) is 6.94. The van der Waals surface area contributed by atoms with Crippen LogP contribution in [0.1, 0.15) is 37.3 Å². The van der Waals surface area contributed by atoms with Crippen molar-refractivity contribution in [1.82, 2.24) is 0 Å². The van der Waals surface area contributed by atoms with E-state index in [4.69, 9.17) is 0 Å². The Bertz CT molecular complexity index is 608. The third-order valence-electron chi connectivity index (χ3n) is 3.91. The van der Waals surface area contributed by atoms with E-state index in [2.05, 4.69) is 4.99 Å². The summed E-state index contributed by atoms with van der Waals surface area (Å²) in [5.74, 6) is -2.03. The number of carbonyl (C=O) groups excluding carboxylic acids is 2. The van der Waals surface area contributed by atoms with Crippen molar-refractivity contribution in [2.45, 2.75) is 31.7 Å². The molecule has 0 fully saturated rings. The van der Waals surface area contributed by atoms with E-state index in [1.807, 2.05) is 6.92 Å². The van der Waals surface area contributed by atoms with Gasteiger partial charge in [-0.15, -0.1) is 0 Å². The quantitative estimate of drug-likeness (QED) is 0.777. The molecule has 0 aromatic heterocycles. The molecule has 1 aromatic rings. The molecule has 1 aliphatic rings. The molecule has 21 heavy (non-hydrogen) atoms. The molecule has 0 bridgehead atoms. The van der Waals surface area contributed by atoms with Crippen LogP contribution >= 0.6 is 0 Å². The molecular weight excluding hydrogens is 270 g/mol. The Hall–Kier alpha value is -2.30. The first-order valence-corrected chi connectivity index (χ1v) is 6.94. The number of aldehydes is 2. The van der Waals surface area contributed by atoms with Gasteiger partial charge in [0.1, 0.15) is 5.71 Å². The second kappa shape index (κ2) is 5.99. The maximum absolute atomic E-state index is 11.8. The van der Waals surface area contributed by atoms with Gasteiger partial charge in [-0.25, -0.2) is 0 Å². The first-order chi connectivity index (χ1) is 10.1. The SMILES string of the molecule is CCCC[C@H](C(=O)O)C1(C=O)N=C(C=O)c2ccccc21. The third kappa shape index (κ3) is 2.39. The monoisotopic (exact) mass is 287 g/mol. The predicted octanol–water partition coefficient (Wildman–Crippen LogP) is 1.97. The lowest BCUT2D eigenvalue weighted by atomic mass is 9.77. The number of carbonyl (C=O) groups is 3. The van der Waals surface area contributed by atoms with E-state index in [1.165, 1.54) is 0 Å². The number of aliphatic imine (C=N–C) groups is 1. The van der Waals surface area contributed by atoms with Gasteiger partial charge >= 0.3 is 5.97 Å². The Kier molecular flexibility index (Phi) is 4.31. The van der Waals surface area contributed by atoms with Crippen LogP contribution < -0.4 is 0 Å². The first kappa shape index (κ1) is 15.1. The summed E-state index contributed by atoms with van der Waals surface area (Å²) in [5.41, 5.74) is -0.304. The second-order valence-corrected chi connectivity index (χ2v) is 5.14. The summed E-state index contributed by atoms with van der Waals surface area (Å²) in [5, 5.41) is 9.52. The molecule has 0 radical (unpaired) electrons. The number of nitrogens with zero attached hydrogens (tertiary/aromatic N) is 1. The van der Waals surface area contributed by atoms with Gasteiger partial charge in [0.25, 0.3) is 0 Å². The highest BCUT2D eigenvalue weighted by atomic mass is 16.4. The van der Waals surface area contributed by atoms with Crippen LogP contribution in [0.15, 0.2) is 29.3 Å². The maximum Gasteiger partial charge on any atom is 0.309 e. The fourth-order valence-corrected chi connectivity index (χ4v) is 2.84. The van der Waals surface area contributed by atoms with Gasteiger partial charge in [-0.1, -0.05) is 44.0 Å². The van der Waals surface area contributed by atoms with E-state index in [9.17, 15) is 19.5 Å². The highest BCUT2D eigenvalue weighted by Gasteiger charge is 2.49. The zero-order valence-electron chi connectivity index (χ0n) is 11.8. The Labute approximate surface area is 122 Å². The molecule has 0 saturated heterocycles. The van der Waals surface area contributed by atoms with Gasteiger partial charge in [0.05, 0.1) is 5.92 Å². The van der Waals surface area contributed by atoms with Crippen molar-refractivity contribution in [3.05, 3.63) is 35.4 Å². The number of carboxylic acid groups (broad SMARTS) is 1. The number of hydrogen-bond donors (Lipinski definition) is 1. The van der Waals surface area contributed by atoms with Crippen molar-refractivity contribution in [3.63, 3.8) is 0 Å². The van der Waals surface area contributed by atoms with Gasteiger partial charge in [0.2, 0.25) is 0 Å². The zero-order chi connectivity index (χ0) is 15.5. The zero-order valence-corrected chi connectivity index (χ0v) is 11.8. The van der Waals surface area contributed by atoms with E-state index in [0.29, 0.717) is 36.5 Å². The lowest BCUT2D eigenvalue weighted by Gasteiger charge is -2.28. The molecule has 110 valence electrons. The lowest BCUT2D eigenvalue weighted by molar-refractivity contribution is -0.146. The van der Waals surface area contributed by atoms with Gasteiger partial charge < -0.3 is 9.90 Å². The minimum Gasteiger partial charge on any atom is -0.481 e. The highest BCUT2D eigenvalue weighted by Crippen LogP contribution is 2.42. The van der Waals surface area contributed by atoms with Crippen LogP contribution in [0, 0.1) is 5.92 Å². The smallest absolute Gasteiger partial charge is 0.309 e. The molecule has 2 atom stereocenters. The fourth-order valence-electron chi connectivity index (χ4n) is 2.84. The van der Waals surface area contributed by atoms with Crippen LogP contribution in [-0.4, -0.2) is 29.4 Å². The predicted molar refractivity (Wildman–Crippen MR) is 77.4 cm³/mol.